The van der Waals surface area contributed by atoms with Crippen molar-refractivity contribution in [2.24, 2.45) is 0 Å². The average molecular weight is 347 g/mol. The highest BCUT2D eigenvalue weighted by atomic mass is 79.9. The van der Waals surface area contributed by atoms with Crippen molar-refractivity contribution >= 4 is 31.9 Å². The fourth-order valence-corrected chi connectivity index (χ4v) is 1.84. The molecule has 0 atom stereocenters. The van der Waals surface area contributed by atoms with Crippen molar-refractivity contribution in [1.82, 2.24) is 15.0 Å². The van der Waals surface area contributed by atoms with Crippen molar-refractivity contribution in [3.8, 4) is 5.75 Å². The van der Waals surface area contributed by atoms with Gasteiger partial charge in [0.1, 0.15) is 5.75 Å². The lowest BCUT2D eigenvalue weighted by Crippen LogP contribution is -2.03. The van der Waals surface area contributed by atoms with E-state index < -0.39 is 0 Å². The van der Waals surface area contributed by atoms with Gasteiger partial charge in [0.05, 0.1) is 13.7 Å². The first kappa shape index (κ1) is 11.6. The molecule has 0 saturated heterocycles. The number of rotatable bonds is 3. The van der Waals surface area contributed by atoms with Crippen molar-refractivity contribution in [2.45, 2.75) is 6.54 Å². The van der Waals surface area contributed by atoms with E-state index in [1.165, 1.54) is 0 Å². The summed E-state index contributed by atoms with van der Waals surface area (Å²) in [6, 6.07) is 7.83. The summed E-state index contributed by atoms with van der Waals surface area (Å²) < 4.78 is 6.56. The molecule has 4 nitrogen and oxygen atoms in total. The minimum atomic E-state index is 0.612. The smallest absolute Gasteiger partial charge is 0.162 e. The van der Waals surface area contributed by atoms with Crippen LogP contribution in [-0.4, -0.2) is 22.1 Å². The molecule has 1 aromatic heterocycles. The van der Waals surface area contributed by atoms with Gasteiger partial charge in [-0.3, -0.25) is 0 Å². The number of nitrogens with zero attached hydrogens (tertiary/aromatic N) is 3. The first-order valence-corrected chi connectivity index (χ1v) is 6.16. The Morgan fingerprint density at radius 1 is 1.25 bits per heavy atom. The number of halogens is 2. The summed E-state index contributed by atoms with van der Waals surface area (Å²) in [5.74, 6) is 0.836. The monoisotopic (exact) mass is 345 g/mol. The second kappa shape index (κ2) is 4.97. The summed E-state index contributed by atoms with van der Waals surface area (Å²) in [5, 5.41) is 8.39. The third-order valence-electron chi connectivity index (χ3n) is 2.03. The predicted molar refractivity (Wildman–Crippen MR) is 67.5 cm³/mol. The van der Waals surface area contributed by atoms with E-state index in [4.69, 9.17) is 4.74 Å². The first-order chi connectivity index (χ1) is 7.69. The molecule has 0 fully saturated rings. The van der Waals surface area contributed by atoms with Gasteiger partial charge < -0.3 is 4.74 Å². The van der Waals surface area contributed by atoms with Crippen LogP contribution in [0.2, 0.25) is 0 Å². The van der Waals surface area contributed by atoms with Crippen molar-refractivity contribution in [2.75, 3.05) is 7.11 Å². The molecule has 0 aliphatic rings. The number of aromatic nitrogens is 3. The SMILES string of the molecule is COc1cccc(Cn2nc(Br)c(Br)n2)c1. The van der Waals surface area contributed by atoms with Gasteiger partial charge in [0.15, 0.2) is 9.21 Å². The Morgan fingerprint density at radius 3 is 2.56 bits per heavy atom. The minimum absolute atomic E-state index is 0.612. The zero-order chi connectivity index (χ0) is 11.5. The lowest BCUT2D eigenvalue weighted by atomic mass is 10.2. The Labute approximate surface area is 110 Å². The molecule has 2 aromatic rings. The molecule has 1 aromatic carbocycles. The number of ether oxygens (including phenoxy) is 1. The third kappa shape index (κ3) is 2.62. The molecule has 0 N–H and O–H groups in total. The van der Waals surface area contributed by atoms with Crippen LogP contribution >= 0.6 is 31.9 Å². The maximum absolute atomic E-state index is 5.15. The number of benzene rings is 1. The fourth-order valence-electron chi connectivity index (χ4n) is 1.31. The predicted octanol–water partition coefficient (Wildman–Crippen LogP) is 2.86. The Balaban J connectivity index is 2.20. The molecule has 0 aliphatic heterocycles. The molecule has 6 heteroatoms. The normalized spacial score (nSPS) is 10.4. The first-order valence-electron chi connectivity index (χ1n) is 4.58. The maximum Gasteiger partial charge on any atom is 0.162 e. The van der Waals surface area contributed by atoms with E-state index in [-0.39, 0.29) is 0 Å². The number of methoxy groups -OCH3 is 1. The topological polar surface area (TPSA) is 39.9 Å². The van der Waals surface area contributed by atoms with Gasteiger partial charge in [-0.2, -0.15) is 4.80 Å². The van der Waals surface area contributed by atoms with Crippen molar-refractivity contribution in [1.29, 1.82) is 0 Å². The van der Waals surface area contributed by atoms with Gasteiger partial charge in [0.2, 0.25) is 0 Å². The van der Waals surface area contributed by atoms with Crippen LogP contribution in [0.3, 0.4) is 0 Å². The van der Waals surface area contributed by atoms with Gasteiger partial charge in [0, 0.05) is 0 Å². The van der Waals surface area contributed by atoms with Crippen LogP contribution in [0, 0.1) is 0 Å². The summed E-state index contributed by atoms with van der Waals surface area (Å²) in [5.41, 5.74) is 1.09. The summed E-state index contributed by atoms with van der Waals surface area (Å²) in [4.78, 5) is 1.61. The largest absolute Gasteiger partial charge is 0.497 e. The molecule has 0 spiro atoms. The second-order valence-corrected chi connectivity index (χ2v) is 4.67. The molecule has 0 amide bonds. The fraction of sp³-hybridized carbons (Fsp3) is 0.200. The molecule has 0 unspecified atom stereocenters. The number of hydrogen-bond acceptors (Lipinski definition) is 3. The molecule has 0 bridgehead atoms. The lowest BCUT2D eigenvalue weighted by molar-refractivity contribution is 0.414. The zero-order valence-electron chi connectivity index (χ0n) is 8.52. The molecule has 1 heterocycles. The Bertz CT molecular complexity index is 479. The van der Waals surface area contributed by atoms with Crippen molar-refractivity contribution in [3.05, 3.63) is 39.0 Å². The molecule has 2 rings (SSSR count). The average Bonchev–Trinajstić information content (AvgIpc) is 2.58. The highest BCUT2D eigenvalue weighted by Crippen LogP contribution is 2.18. The van der Waals surface area contributed by atoms with E-state index in [1.807, 2.05) is 24.3 Å². The summed E-state index contributed by atoms with van der Waals surface area (Å²) in [7, 11) is 1.65. The van der Waals surface area contributed by atoms with Crippen LogP contribution in [0.1, 0.15) is 5.56 Å². The van der Waals surface area contributed by atoms with Gasteiger partial charge >= 0.3 is 0 Å². The van der Waals surface area contributed by atoms with Crippen LogP contribution in [0.4, 0.5) is 0 Å². The lowest BCUT2D eigenvalue weighted by Gasteiger charge is -2.03. The molecule has 84 valence electrons. The summed E-state index contributed by atoms with van der Waals surface area (Å²) in [6.07, 6.45) is 0. The van der Waals surface area contributed by atoms with Crippen molar-refractivity contribution in [3.63, 3.8) is 0 Å². The molecule has 16 heavy (non-hydrogen) atoms. The standard InChI is InChI=1S/C10H9Br2N3O/c1-16-8-4-2-3-7(5-8)6-15-13-9(11)10(12)14-15/h2-5H,6H2,1H3. The quantitative estimate of drug-likeness (QED) is 0.857. The van der Waals surface area contributed by atoms with E-state index in [0.29, 0.717) is 15.8 Å². The van der Waals surface area contributed by atoms with Gasteiger partial charge in [0.25, 0.3) is 0 Å². The third-order valence-corrected chi connectivity index (χ3v) is 3.64. The molecule has 0 saturated carbocycles. The van der Waals surface area contributed by atoms with Crippen LogP contribution < -0.4 is 4.74 Å². The Morgan fingerprint density at radius 2 is 1.94 bits per heavy atom. The van der Waals surface area contributed by atoms with Crippen LogP contribution in [0.5, 0.6) is 5.75 Å². The number of hydrogen-bond donors (Lipinski definition) is 0. The summed E-state index contributed by atoms with van der Waals surface area (Å²) in [6.45, 7) is 0.612. The van der Waals surface area contributed by atoms with Crippen LogP contribution in [0.15, 0.2) is 33.5 Å². The van der Waals surface area contributed by atoms with Crippen LogP contribution in [0.25, 0.3) is 0 Å². The highest BCUT2D eigenvalue weighted by molar-refractivity contribution is 9.13. The van der Waals surface area contributed by atoms with E-state index in [2.05, 4.69) is 42.1 Å². The Kier molecular flexibility index (Phi) is 3.60. The van der Waals surface area contributed by atoms with Gasteiger partial charge in [-0.15, -0.1) is 10.2 Å². The Hall–Kier alpha value is -0.880. The van der Waals surface area contributed by atoms with Crippen LogP contribution in [-0.2, 0) is 6.54 Å². The van der Waals surface area contributed by atoms with E-state index in [1.54, 1.807) is 11.9 Å². The van der Waals surface area contributed by atoms with E-state index >= 15 is 0 Å². The van der Waals surface area contributed by atoms with Crippen molar-refractivity contribution < 1.29 is 4.74 Å². The zero-order valence-corrected chi connectivity index (χ0v) is 11.7. The molecule has 0 radical (unpaired) electrons. The summed E-state index contributed by atoms with van der Waals surface area (Å²) >= 11 is 6.58. The van der Waals surface area contributed by atoms with E-state index in [0.717, 1.165) is 11.3 Å². The maximum atomic E-state index is 5.15. The molecule has 0 aliphatic carbocycles. The highest BCUT2D eigenvalue weighted by Gasteiger charge is 2.05. The van der Waals surface area contributed by atoms with E-state index in [9.17, 15) is 0 Å². The molecular formula is C10H9Br2N3O. The van der Waals surface area contributed by atoms with Gasteiger partial charge in [-0.1, -0.05) is 12.1 Å². The minimum Gasteiger partial charge on any atom is -0.497 e. The van der Waals surface area contributed by atoms with Gasteiger partial charge in [-0.25, -0.2) is 0 Å². The molecular weight excluding hydrogens is 338 g/mol. The van der Waals surface area contributed by atoms with Gasteiger partial charge in [-0.05, 0) is 49.6 Å². The second-order valence-electron chi connectivity index (χ2n) is 3.16.